The van der Waals surface area contributed by atoms with Gasteiger partial charge in [-0.3, -0.25) is 13.9 Å². The lowest BCUT2D eigenvalue weighted by atomic mass is 10.2. The van der Waals surface area contributed by atoms with Crippen molar-refractivity contribution in [2.45, 2.75) is 9.79 Å². The van der Waals surface area contributed by atoms with Gasteiger partial charge in [0.25, 0.3) is 5.91 Å². The first-order valence-corrected chi connectivity index (χ1v) is 11.1. The zero-order valence-corrected chi connectivity index (χ0v) is 18.2. The molecule has 7 nitrogen and oxygen atoms in total. The Morgan fingerprint density at radius 1 is 0.903 bits per heavy atom. The molecule has 0 saturated heterocycles. The molecule has 0 atom stereocenters. The Labute approximate surface area is 183 Å². The maximum absolute atomic E-state index is 13.4. The summed E-state index contributed by atoms with van der Waals surface area (Å²) in [6.45, 7) is 0. The number of nitrogens with one attached hydrogen (secondary N) is 1. The SMILES string of the molecule is Cn1c(=O)n(C)c2cc(S(=O)(=O)c3ccccc3)c(NC(=O)c3cccc(Cl)c3)cc21. The number of imidazole rings is 1. The second-order valence-corrected chi connectivity index (χ2v) is 9.37. The van der Waals surface area contributed by atoms with Gasteiger partial charge in [0, 0.05) is 24.7 Å². The van der Waals surface area contributed by atoms with E-state index < -0.39 is 15.7 Å². The molecule has 0 aliphatic heterocycles. The molecule has 1 amide bonds. The summed E-state index contributed by atoms with van der Waals surface area (Å²) in [5, 5.41) is 3.06. The van der Waals surface area contributed by atoms with E-state index in [0.717, 1.165) is 0 Å². The average molecular weight is 456 g/mol. The topological polar surface area (TPSA) is 90.2 Å². The number of rotatable bonds is 4. The number of aryl methyl sites for hydroxylation is 2. The molecule has 0 aliphatic carbocycles. The van der Waals surface area contributed by atoms with Crippen LogP contribution in [0.4, 0.5) is 5.69 Å². The van der Waals surface area contributed by atoms with Gasteiger partial charge in [-0.25, -0.2) is 13.2 Å². The van der Waals surface area contributed by atoms with Gasteiger partial charge in [0.1, 0.15) is 0 Å². The van der Waals surface area contributed by atoms with E-state index in [-0.39, 0.29) is 26.7 Å². The van der Waals surface area contributed by atoms with E-state index in [2.05, 4.69) is 5.32 Å². The van der Waals surface area contributed by atoms with Crippen LogP contribution in [0.5, 0.6) is 0 Å². The third kappa shape index (κ3) is 3.64. The Morgan fingerprint density at radius 3 is 2.19 bits per heavy atom. The van der Waals surface area contributed by atoms with Gasteiger partial charge in [-0.1, -0.05) is 35.9 Å². The summed E-state index contributed by atoms with van der Waals surface area (Å²) in [5.74, 6) is -0.521. The van der Waals surface area contributed by atoms with E-state index in [1.54, 1.807) is 50.5 Å². The Morgan fingerprint density at radius 2 is 1.55 bits per heavy atom. The summed E-state index contributed by atoms with van der Waals surface area (Å²) in [4.78, 5) is 25.2. The summed E-state index contributed by atoms with van der Waals surface area (Å²) >= 11 is 5.98. The van der Waals surface area contributed by atoms with Crippen LogP contribution in [0.3, 0.4) is 0 Å². The number of hydrogen-bond acceptors (Lipinski definition) is 4. The van der Waals surface area contributed by atoms with Gasteiger partial charge in [-0.2, -0.15) is 0 Å². The number of aromatic nitrogens is 2. The molecule has 4 aromatic rings. The van der Waals surface area contributed by atoms with Crippen LogP contribution in [0.2, 0.25) is 5.02 Å². The van der Waals surface area contributed by atoms with Crippen LogP contribution in [0.15, 0.2) is 81.3 Å². The fourth-order valence-electron chi connectivity index (χ4n) is 3.40. The molecule has 0 bridgehead atoms. The molecule has 0 unspecified atom stereocenters. The highest BCUT2D eigenvalue weighted by molar-refractivity contribution is 7.91. The summed E-state index contributed by atoms with van der Waals surface area (Å²) in [6, 6.07) is 17.1. The number of amides is 1. The molecule has 0 spiro atoms. The number of anilines is 1. The second-order valence-electron chi connectivity index (χ2n) is 7.02. The largest absolute Gasteiger partial charge is 0.328 e. The van der Waals surface area contributed by atoms with Crippen LogP contribution in [-0.4, -0.2) is 23.5 Å². The predicted molar refractivity (Wildman–Crippen MR) is 119 cm³/mol. The van der Waals surface area contributed by atoms with Gasteiger partial charge in [-0.15, -0.1) is 0 Å². The van der Waals surface area contributed by atoms with Gasteiger partial charge in [0.2, 0.25) is 9.84 Å². The molecule has 1 heterocycles. The van der Waals surface area contributed by atoms with Crippen molar-refractivity contribution in [2.24, 2.45) is 14.1 Å². The molecule has 9 heteroatoms. The third-order valence-corrected chi connectivity index (χ3v) is 7.10. The van der Waals surface area contributed by atoms with Crippen LogP contribution in [0.1, 0.15) is 10.4 Å². The molecular weight excluding hydrogens is 438 g/mol. The van der Waals surface area contributed by atoms with Crippen molar-refractivity contribution in [1.29, 1.82) is 0 Å². The Kier molecular flexibility index (Phi) is 5.20. The average Bonchev–Trinajstić information content (AvgIpc) is 2.97. The zero-order chi connectivity index (χ0) is 22.3. The Balaban J connectivity index is 1.94. The lowest BCUT2D eigenvalue weighted by Crippen LogP contribution is -2.19. The third-order valence-electron chi connectivity index (χ3n) is 5.05. The second kappa shape index (κ2) is 7.72. The normalized spacial score (nSPS) is 11.6. The van der Waals surface area contributed by atoms with Crippen LogP contribution >= 0.6 is 11.6 Å². The van der Waals surface area contributed by atoms with Gasteiger partial charge < -0.3 is 5.32 Å². The summed E-state index contributed by atoms with van der Waals surface area (Å²) < 4.78 is 29.6. The van der Waals surface area contributed by atoms with E-state index in [1.807, 2.05) is 0 Å². The van der Waals surface area contributed by atoms with Gasteiger partial charge >= 0.3 is 5.69 Å². The summed E-state index contributed by atoms with van der Waals surface area (Å²) in [6.07, 6.45) is 0. The maximum Gasteiger partial charge on any atom is 0.328 e. The van der Waals surface area contributed by atoms with Crippen molar-refractivity contribution in [3.05, 3.63) is 87.8 Å². The lowest BCUT2D eigenvalue weighted by Gasteiger charge is -2.13. The van der Waals surface area contributed by atoms with E-state index in [1.165, 1.54) is 39.5 Å². The zero-order valence-electron chi connectivity index (χ0n) is 16.7. The van der Waals surface area contributed by atoms with E-state index in [4.69, 9.17) is 11.6 Å². The lowest BCUT2D eigenvalue weighted by molar-refractivity contribution is 0.102. The first kappa shape index (κ1) is 20.9. The van der Waals surface area contributed by atoms with Crippen LogP contribution in [-0.2, 0) is 23.9 Å². The smallest absolute Gasteiger partial charge is 0.321 e. The van der Waals surface area contributed by atoms with Crippen molar-refractivity contribution < 1.29 is 13.2 Å². The number of sulfone groups is 1. The van der Waals surface area contributed by atoms with E-state index >= 15 is 0 Å². The predicted octanol–water partition coefficient (Wildman–Crippen LogP) is 3.62. The molecule has 0 saturated carbocycles. The van der Waals surface area contributed by atoms with Gasteiger partial charge in [0.15, 0.2) is 0 Å². The van der Waals surface area contributed by atoms with Crippen LogP contribution < -0.4 is 11.0 Å². The Hall–Kier alpha value is -3.36. The minimum atomic E-state index is -3.98. The van der Waals surface area contributed by atoms with Crippen molar-refractivity contribution in [1.82, 2.24) is 9.13 Å². The fraction of sp³-hybridized carbons (Fsp3) is 0.0909. The minimum absolute atomic E-state index is 0.0718. The standard InChI is InChI=1S/C22H18ClN3O4S/c1-25-18-12-17(24-21(27)14-7-6-8-15(23)11-14)20(13-19(18)26(2)22(25)28)31(29,30)16-9-4-3-5-10-16/h3-13H,1-2H3,(H,24,27). The van der Waals surface area contributed by atoms with Crippen molar-refractivity contribution >= 4 is 44.1 Å². The molecule has 0 aliphatic rings. The first-order valence-electron chi connectivity index (χ1n) is 9.26. The van der Waals surface area contributed by atoms with Crippen molar-refractivity contribution in [3.8, 4) is 0 Å². The number of carbonyl (C=O) groups is 1. The molecule has 0 fully saturated rings. The number of benzene rings is 3. The fourth-order valence-corrected chi connectivity index (χ4v) is 5.02. The summed E-state index contributed by atoms with van der Waals surface area (Å²) in [5.41, 5.74) is 0.958. The van der Waals surface area contributed by atoms with Gasteiger partial charge in [0.05, 0.1) is 26.5 Å². The van der Waals surface area contributed by atoms with E-state index in [0.29, 0.717) is 16.1 Å². The van der Waals surface area contributed by atoms with Crippen molar-refractivity contribution in [3.63, 3.8) is 0 Å². The molecule has 4 rings (SSSR count). The quantitative estimate of drug-likeness (QED) is 0.509. The first-order chi connectivity index (χ1) is 14.7. The monoisotopic (exact) mass is 455 g/mol. The molecule has 158 valence electrons. The minimum Gasteiger partial charge on any atom is -0.321 e. The number of carbonyl (C=O) groups excluding carboxylic acids is 1. The van der Waals surface area contributed by atoms with E-state index in [9.17, 15) is 18.0 Å². The number of nitrogens with zero attached hydrogens (tertiary/aromatic N) is 2. The highest BCUT2D eigenvalue weighted by atomic mass is 35.5. The highest BCUT2D eigenvalue weighted by Gasteiger charge is 2.25. The molecule has 1 N–H and O–H groups in total. The number of halogens is 1. The van der Waals surface area contributed by atoms with Crippen LogP contribution in [0.25, 0.3) is 11.0 Å². The van der Waals surface area contributed by atoms with Gasteiger partial charge in [-0.05, 0) is 42.5 Å². The maximum atomic E-state index is 13.4. The molecule has 0 radical (unpaired) electrons. The molecular formula is C22H18ClN3O4S. The van der Waals surface area contributed by atoms with Crippen LogP contribution in [0, 0.1) is 0 Å². The highest BCUT2D eigenvalue weighted by Crippen LogP contribution is 2.32. The number of hydrogen-bond donors (Lipinski definition) is 1. The molecule has 31 heavy (non-hydrogen) atoms. The summed E-state index contributed by atoms with van der Waals surface area (Å²) in [7, 11) is -0.838. The molecule has 3 aromatic carbocycles. The van der Waals surface area contributed by atoms with Crippen molar-refractivity contribution in [2.75, 3.05) is 5.32 Å². The molecule has 1 aromatic heterocycles. The Bertz CT molecular complexity index is 1490. The number of fused-ring (bicyclic) bond motifs is 1.